The molecule has 0 spiro atoms. The molecule has 1 N–H and O–H groups in total. The van der Waals surface area contributed by atoms with Gasteiger partial charge in [0.25, 0.3) is 5.69 Å². The lowest BCUT2D eigenvalue weighted by Gasteiger charge is -2.03. The van der Waals surface area contributed by atoms with Crippen LogP contribution in [0.1, 0.15) is 0 Å². The molecule has 0 saturated carbocycles. The molecule has 0 unspecified atom stereocenters. The second-order valence-corrected chi connectivity index (χ2v) is 6.51. The Morgan fingerprint density at radius 1 is 1.19 bits per heavy atom. The highest BCUT2D eigenvalue weighted by Crippen LogP contribution is 2.21. The predicted octanol–water partition coefficient (Wildman–Crippen LogP) is 2.92. The molecule has 4 aromatic rings. The highest BCUT2D eigenvalue weighted by atomic mass is 32.2. The SMILES string of the molecule is O=C(CSc1nc2c3ccccc3ncn2n1)Nc1ccc([N+](=O)[O-])cc1. The number of nitro groups is 1. The van der Waals surface area contributed by atoms with E-state index in [4.69, 9.17) is 0 Å². The van der Waals surface area contributed by atoms with Crippen molar-refractivity contribution in [2.75, 3.05) is 11.1 Å². The summed E-state index contributed by atoms with van der Waals surface area (Å²) in [6, 6.07) is 13.3. The Morgan fingerprint density at radius 2 is 1.96 bits per heavy atom. The van der Waals surface area contributed by atoms with Gasteiger partial charge in [-0.1, -0.05) is 23.9 Å². The lowest BCUT2D eigenvalue weighted by Crippen LogP contribution is -2.14. The molecule has 2 aromatic carbocycles. The summed E-state index contributed by atoms with van der Waals surface area (Å²) in [6.45, 7) is 0. The molecular weight excluding hydrogens is 368 g/mol. The van der Waals surface area contributed by atoms with Crippen molar-refractivity contribution in [2.45, 2.75) is 5.16 Å². The summed E-state index contributed by atoms with van der Waals surface area (Å²) >= 11 is 1.20. The van der Waals surface area contributed by atoms with Crippen LogP contribution in [0.4, 0.5) is 11.4 Å². The van der Waals surface area contributed by atoms with E-state index in [0.717, 1.165) is 10.9 Å². The number of carbonyl (C=O) groups is 1. The maximum absolute atomic E-state index is 12.1. The van der Waals surface area contributed by atoms with Gasteiger partial charge in [-0.05, 0) is 24.3 Å². The molecule has 9 nitrogen and oxygen atoms in total. The van der Waals surface area contributed by atoms with Crippen LogP contribution in [0.5, 0.6) is 0 Å². The summed E-state index contributed by atoms with van der Waals surface area (Å²) in [5, 5.41) is 19.0. The van der Waals surface area contributed by atoms with E-state index in [0.29, 0.717) is 16.5 Å². The Kier molecular flexibility index (Phi) is 4.38. The third kappa shape index (κ3) is 3.55. The topological polar surface area (TPSA) is 115 Å². The number of fused-ring (bicyclic) bond motifs is 3. The van der Waals surface area contributed by atoms with Gasteiger partial charge in [0.1, 0.15) is 6.33 Å². The number of hydrogen-bond donors (Lipinski definition) is 1. The van der Waals surface area contributed by atoms with Crippen molar-refractivity contribution in [1.82, 2.24) is 19.6 Å². The molecule has 0 aliphatic carbocycles. The van der Waals surface area contributed by atoms with Crippen LogP contribution in [0.15, 0.2) is 60.0 Å². The number of nitro benzene ring substituents is 1. The molecule has 0 bridgehead atoms. The molecule has 10 heteroatoms. The number of thioether (sulfide) groups is 1. The van der Waals surface area contributed by atoms with Crippen molar-refractivity contribution in [2.24, 2.45) is 0 Å². The number of para-hydroxylation sites is 1. The van der Waals surface area contributed by atoms with Gasteiger partial charge in [0.15, 0.2) is 5.65 Å². The molecule has 1 amide bonds. The fourth-order valence-corrected chi connectivity index (χ4v) is 3.14. The van der Waals surface area contributed by atoms with E-state index in [1.165, 1.54) is 36.0 Å². The van der Waals surface area contributed by atoms with E-state index in [1.807, 2.05) is 24.3 Å². The average molecular weight is 380 g/mol. The smallest absolute Gasteiger partial charge is 0.269 e. The van der Waals surface area contributed by atoms with Crippen LogP contribution in [0, 0.1) is 10.1 Å². The van der Waals surface area contributed by atoms with Gasteiger partial charge in [-0.2, -0.15) is 0 Å². The Morgan fingerprint density at radius 3 is 2.74 bits per heavy atom. The summed E-state index contributed by atoms with van der Waals surface area (Å²) in [6.07, 6.45) is 1.59. The van der Waals surface area contributed by atoms with Crippen LogP contribution in [-0.2, 0) is 4.79 Å². The second kappa shape index (κ2) is 7.00. The lowest BCUT2D eigenvalue weighted by molar-refractivity contribution is -0.384. The number of rotatable bonds is 5. The van der Waals surface area contributed by atoms with Gasteiger partial charge in [-0.15, -0.1) is 5.10 Å². The second-order valence-electron chi connectivity index (χ2n) is 5.57. The first-order valence-electron chi connectivity index (χ1n) is 7.87. The molecule has 0 saturated heterocycles. The Labute approximate surface area is 156 Å². The number of hydrogen-bond acceptors (Lipinski definition) is 7. The monoisotopic (exact) mass is 380 g/mol. The van der Waals surface area contributed by atoms with Crippen molar-refractivity contribution in [3.63, 3.8) is 0 Å². The largest absolute Gasteiger partial charge is 0.325 e. The van der Waals surface area contributed by atoms with E-state index in [2.05, 4.69) is 20.4 Å². The molecule has 0 fully saturated rings. The quantitative estimate of drug-likeness (QED) is 0.321. The van der Waals surface area contributed by atoms with Crippen molar-refractivity contribution in [1.29, 1.82) is 0 Å². The molecular formula is C17H12N6O3S. The van der Waals surface area contributed by atoms with E-state index < -0.39 is 4.92 Å². The molecule has 0 aliphatic heterocycles. The number of nitrogens with zero attached hydrogens (tertiary/aromatic N) is 5. The normalized spacial score (nSPS) is 11.0. The van der Waals surface area contributed by atoms with Gasteiger partial charge < -0.3 is 5.32 Å². The van der Waals surface area contributed by atoms with Gasteiger partial charge >= 0.3 is 0 Å². The van der Waals surface area contributed by atoms with Crippen molar-refractivity contribution < 1.29 is 9.72 Å². The number of benzene rings is 2. The van der Waals surface area contributed by atoms with Crippen molar-refractivity contribution >= 4 is 45.6 Å². The molecule has 27 heavy (non-hydrogen) atoms. The number of carbonyl (C=O) groups excluding carboxylic acids is 1. The van der Waals surface area contributed by atoms with Gasteiger partial charge in [0, 0.05) is 23.2 Å². The molecule has 0 atom stereocenters. The molecule has 0 aliphatic rings. The van der Waals surface area contributed by atoms with Crippen LogP contribution in [0.25, 0.3) is 16.6 Å². The van der Waals surface area contributed by atoms with Crippen LogP contribution in [0.2, 0.25) is 0 Å². The minimum atomic E-state index is -0.491. The van der Waals surface area contributed by atoms with Crippen LogP contribution in [-0.4, -0.2) is 36.2 Å². The van der Waals surface area contributed by atoms with Gasteiger partial charge in [0.05, 0.1) is 16.2 Å². The molecule has 134 valence electrons. The highest BCUT2D eigenvalue weighted by Gasteiger charge is 2.11. The number of amides is 1. The summed E-state index contributed by atoms with van der Waals surface area (Å²) < 4.78 is 1.58. The van der Waals surface area contributed by atoms with Gasteiger partial charge in [0.2, 0.25) is 11.1 Å². The van der Waals surface area contributed by atoms with E-state index >= 15 is 0 Å². The zero-order valence-corrected chi connectivity index (χ0v) is 14.6. The summed E-state index contributed by atoms with van der Waals surface area (Å²) in [5.74, 6) is -0.144. The van der Waals surface area contributed by atoms with E-state index in [-0.39, 0.29) is 17.3 Å². The average Bonchev–Trinajstić information content (AvgIpc) is 3.10. The molecule has 2 heterocycles. The summed E-state index contributed by atoms with van der Waals surface area (Å²) in [5.41, 5.74) is 1.96. The third-order valence-corrected chi connectivity index (χ3v) is 4.59. The number of nitrogens with one attached hydrogen (secondary N) is 1. The Balaban J connectivity index is 1.44. The van der Waals surface area contributed by atoms with Gasteiger partial charge in [-0.3, -0.25) is 14.9 Å². The first-order valence-corrected chi connectivity index (χ1v) is 8.86. The maximum Gasteiger partial charge on any atom is 0.269 e. The van der Waals surface area contributed by atoms with Crippen molar-refractivity contribution in [3.05, 3.63) is 65.0 Å². The molecule has 0 radical (unpaired) electrons. The highest BCUT2D eigenvalue weighted by molar-refractivity contribution is 7.99. The zero-order chi connectivity index (χ0) is 18.8. The van der Waals surface area contributed by atoms with E-state index in [1.54, 1.807) is 10.8 Å². The van der Waals surface area contributed by atoms with Gasteiger partial charge in [-0.25, -0.2) is 14.5 Å². The van der Waals surface area contributed by atoms with Crippen LogP contribution in [0.3, 0.4) is 0 Å². The minimum absolute atomic E-state index is 0.0305. The standard InChI is InChI=1S/C17H12N6O3S/c24-15(19-11-5-7-12(8-6-11)23(25)26)9-27-17-20-16-13-3-1-2-4-14(13)18-10-22(16)21-17/h1-8,10H,9H2,(H,19,24). The predicted molar refractivity (Wildman–Crippen MR) is 101 cm³/mol. The Bertz CT molecular complexity index is 1160. The maximum atomic E-state index is 12.1. The summed E-state index contributed by atoms with van der Waals surface area (Å²) in [7, 11) is 0. The third-order valence-electron chi connectivity index (χ3n) is 3.76. The number of anilines is 1. The van der Waals surface area contributed by atoms with E-state index in [9.17, 15) is 14.9 Å². The molecule has 4 rings (SSSR count). The minimum Gasteiger partial charge on any atom is -0.325 e. The van der Waals surface area contributed by atoms with Crippen molar-refractivity contribution in [3.8, 4) is 0 Å². The Hall–Kier alpha value is -3.53. The number of non-ortho nitro benzene ring substituents is 1. The lowest BCUT2D eigenvalue weighted by atomic mass is 10.2. The van der Waals surface area contributed by atoms with Crippen LogP contribution >= 0.6 is 11.8 Å². The fraction of sp³-hybridized carbons (Fsp3) is 0.0588. The first kappa shape index (κ1) is 16.9. The fourth-order valence-electron chi connectivity index (χ4n) is 2.51. The molecule has 2 aromatic heterocycles. The zero-order valence-electron chi connectivity index (χ0n) is 13.8. The first-order chi connectivity index (χ1) is 13.1. The summed E-state index contributed by atoms with van der Waals surface area (Å²) in [4.78, 5) is 31.0. The van der Waals surface area contributed by atoms with Crippen LogP contribution < -0.4 is 5.32 Å². The number of aromatic nitrogens is 4.